The molecule has 0 aliphatic heterocycles. The number of rotatable bonds is 7. The molecule has 0 aromatic heterocycles. The van der Waals surface area contributed by atoms with Gasteiger partial charge in [-0.1, -0.05) is 66.7 Å². The van der Waals surface area contributed by atoms with Gasteiger partial charge in [-0.15, -0.1) is 0 Å². The molecule has 136 valence electrons. The van der Waals surface area contributed by atoms with E-state index >= 15 is 0 Å². The van der Waals surface area contributed by atoms with Gasteiger partial charge in [-0.25, -0.2) is 0 Å². The largest absolute Gasteiger partial charge is 0.392 e. The van der Waals surface area contributed by atoms with Crippen LogP contribution in [0.2, 0.25) is 0 Å². The molecule has 3 aromatic rings. The molecule has 0 saturated heterocycles. The predicted molar refractivity (Wildman–Crippen MR) is 106 cm³/mol. The van der Waals surface area contributed by atoms with Crippen LogP contribution < -0.4 is 5.32 Å². The number of aliphatic hydroxyl groups is 1. The van der Waals surface area contributed by atoms with E-state index in [1.165, 1.54) is 0 Å². The average molecular weight is 359 g/mol. The molecule has 27 heavy (non-hydrogen) atoms. The number of nitrogens with one attached hydrogen (secondary N) is 1. The van der Waals surface area contributed by atoms with E-state index < -0.39 is 0 Å². The molecule has 2 N–H and O–H groups in total. The zero-order valence-corrected chi connectivity index (χ0v) is 14.9. The second kappa shape index (κ2) is 8.92. The van der Waals surface area contributed by atoms with Gasteiger partial charge in [0, 0.05) is 24.1 Å². The third-order valence-corrected chi connectivity index (χ3v) is 4.29. The molecule has 0 radical (unpaired) electrons. The number of carbonyl (C=O) groups is 2. The molecule has 3 rings (SSSR count). The Kier molecular flexibility index (Phi) is 6.13. The Hall–Kier alpha value is -3.24. The van der Waals surface area contributed by atoms with E-state index in [-0.39, 0.29) is 31.1 Å². The van der Waals surface area contributed by atoms with Crippen molar-refractivity contribution in [3.05, 3.63) is 90.0 Å². The van der Waals surface area contributed by atoms with Crippen molar-refractivity contribution in [3.8, 4) is 11.1 Å². The van der Waals surface area contributed by atoms with E-state index in [9.17, 15) is 9.59 Å². The van der Waals surface area contributed by atoms with E-state index in [1.54, 1.807) is 36.4 Å². The van der Waals surface area contributed by atoms with Crippen molar-refractivity contribution in [1.29, 1.82) is 0 Å². The molecular weight excluding hydrogens is 338 g/mol. The molecule has 0 aliphatic rings. The normalized spacial score (nSPS) is 10.4. The van der Waals surface area contributed by atoms with Crippen molar-refractivity contribution in [3.63, 3.8) is 0 Å². The summed E-state index contributed by atoms with van der Waals surface area (Å²) in [6.45, 7) is -0.0822. The lowest BCUT2D eigenvalue weighted by atomic mass is 10.0. The Labute approximate surface area is 158 Å². The molecule has 4 heteroatoms. The van der Waals surface area contributed by atoms with E-state index in [2.05, 4.69) is 5.32 Å². The van der Waals surface area contributed by atoms with Crippen LogP contribution in [-0.2, 0) is 11.4 Å². The zero-order chi connectivity index (χ0) is 19.1. The van der Waals surface area contributed by atoms with Gasteiger partial charge in [0.05, 0.1) is 6.61 Å². The Bertz CT molecular complexity index is 918. The zero-order valence-electron chi connectivity index (χ0n) is 14.9. The molecule has 0 atom stereocenters. The molecule has 0 bridgehead atoms. The van der Waals surface area contributed by atoms with Crippen molar-refractivity contribution >= 4 is 17.4 Å². The van der Waals surface area contributed by atoms with Crippen molar-refractivity contribution in [2.75, 3.05) is 5.32 Å². The summed E-state index contributed by atoms with van der Waals surface area (Å²) >= 11 is 0. The molecule has 0 saturated carbocycles. The summed E-state index contributed by atoms with van der Waals surface area (Å²) in [5.74, 6) is -0.284. The molecular formula is C23H21NO3. The number of hydrogen-bond acceptors (Lipinski definition) is 3. The SMILES string of the molecule is O=C(CCC(=O)c1ccc(-c2ccccc2)cc1)Nc1cccc(CO)c1. The second-order valence-electron chi connectivity index (χ2n) is 6.27. The molecule has 0 aliphatic carbocycles. The molecule has 0 heterocycles. The van der Waals surface area contributed by atoms with Gasteiger partial charge in [0.15, 0.2) is 5.78 Å². The number of ketones is 1. The number of benzene rings is 3. The van der Waals surface area contributed by atoms with Crippen LogP contribution in [0.15, 0.2) is 78.9 Å². The quantitative estimate of drug-likeness (QED) is 0.613. The van der Waals surface area contributed by atoms with Crippen LogP contribution in [0.3, 0.4) is 0 Å². The minimum Gasteiger partial charge on any atom is -0.392 e. The number of aliphatic hydroxyl groups excluding tert-OH is 1. The summed E-state index contributed by atoms with van der Waals surface area (Å²) in [7, 11) is 0. The van der Waals surface area contributed by atoms with Crippen LogP contribution in [-0.4, -0.2) is 16.8 Å². The first-order valence-electron chi connectivity index (χ1n) is 8.84. The average Bonchev–Trinajstić information content (AvgIpc) is 2.73. The van der Waals surface area contributed by atoms with E-state index in [0.717, 1.165) is 16.7 Å². The standard InChI is InChI=1S/C23H21NO3/c25-16-17-5-4-8-21(15-17)24-23(27)14-13-22(26)20-11-9-19(10-12-20)18-6-2-1-3-7-18/h1-12,15,25H,13-14,16H2,(H,24,27). The van der Waals surface area contributed by atoms with E-state index in [0.29, 0.717) is 11.3 Å². The Balaban J connectivity index is 1.55. The van der Waals surface area contributed by atoms with Gasteiger partial charge in [0.25, 0.3) is 0 Å². The van der Waals surface area contributed by atoms with Crippen LogP contribution >= 0.6 is 0 Å². The van der Waals surface area contributed by atoms with Gasteiger partial charge in [-0.2, -0.15) is 0 Å². The maximum Gasteiger partial charge on any atom is 0.224 e. The number of anilines is 1. The van der Waals surface area contributed by atoms with E-state index in [1.807, 2.05) is 42.5 Å². The lowest BCUT2D eigenvalue weighted by Crippen LogP contribution is -2.13. The minimum atomic E-state index is -0.223. The molecule has 0 unspecified atom stereocenters. The van der Waals surface area contributed by atoms with Crippen LogP contribution in [0.25, 0.3) is 11.1 Å². The predicted octanol–water partition coefficient (Wildman–Crippen LogP) is 4.45. The van der Waals surface area contributed by atoms with Gasteiger partial charge >= 0.3 is 0 Å². The van der Waals surface area contributed by atoms with Gasteiger partial charge in [-0.05, 0) is 28.8 Å². The maximum absolute atomic E-state index is 12.3. The molecule has 1 amide bonds. The summed E-state index contributed by atoms with van der Waals surface area (Å²) in [4.78, 5) is 24.4. The lowest BCUT2D eigenvalue weighted by Gasteiger charge is -2.07. The minimum absolute atomic E-state index is 0.0612. The van der Waals surface area contributed by atoms with Crippen LogP contribution in [0.4, 0.5) is 5.69 Å². The Morgan fingerprint density at radius 2 is 1.48 bits per heavy atom. The third-order valence-electron chi connectivity index (χ3n) is 4.29. The molecule has 3 aromatic carbocycles. The highest BCUT2D eigenvalue weighted by atomic mass is 16.3. The summed E-state index contributed by atoms with van der Waals surface area (Å²) < 4.78 is 0. The Morgan fingerprint density at radius 1 is 0.778 bits per heavy atom. The first kappa shape index (κ1) is 18.5. The first-order valence-corrected chi connectivity index (χ1v) is 8.84. The van der Waals surface area contributed by atoms with E-state index in [4.69, 9.17) is 5.11 Å². The summed E-state index contributed by atoms with van der Waals surface area (Å²) in [5, 5.41) is 11.9. The van der Waals surface area contributed by atoms with Crippen molar-refractivity contribution in [1.82, 2.24) is 0 Å². The Morgan fingerprint density at radius 3 is 2.19 bits per heavy atom. The monoisotopic (exact) mass is 359 g/mol. The number of hydrogen-bond donors (Lipinski definition) is 2. The van der Waals surface area contributed by atoms with Crippen molar-refractivity contribution in [2.45, 2.75) is 19.4 Å². The summed E-state index contributed by atoms with van der Waals surface area (Å²) in [6, 6.07) is 24.4. The lowest BCUT2D eigenvalue weighted by molar-refractivity contribution is -0.116. The number of carbonyl (C=O) groups excluding carboxylic acids is 2. The van der Waals surface area contributed by atoms with Crippen LogP contribution in [0.5, 0.6) is 0 Å². The topological polar surface area (TPSA) is 66.4 Å². The maximum atomic E-state index is 12.3. The van der Waals surface area contributed by atoms with Gasteiger partial charge in [0.1, 0.15) is 0 Å². The smallest absolute Gasteiger partial charge is 0.224 e. The van der Waals surface area contributed by atoms with Crippen LogP contribution in [0.1, 0.15) is 28.8 Å². The highest BCUT2D eigenvalue weighted by Crippen LogP contribution is 2.20. The molecule has 4 nitrogen and oxygen atoms in total. The number of Topliss-reactive ketones (excluding diaryl/α,β-unsaturated/α-hetero) is 1. The third kappa shape index (κ3) is 5.12. The fourth-order valence-electron chi connectivity index (χ4n) is 2.82. The van der Waals surface area contributed by atoms with Gasteiger partial charge in [0.2, 0.25) is 5.91 Å². The van der Waals surface area contributed by atoms with Gasteiger partial charge in [-0.3, -0.25) is 9.59 Å². The highest BCUT2D eigenvalue weighted by molar-refractivity contribution is 6.00. The fraction of sp³-hybridized carbons (Fsp3) is 0.130. The molecule has 0 fully saturated rings. The second-order valence-corrected chi connectivity index (χ2v) is 6.27. The number of amides is 1. The fourth-order valence-corrected chi connectivity index (χ4v) is 2.82. The molecule has 0 spiro atoms. The summed E-state index contributed by atoms with van der Waals surface area (Å²) in [6.07, 6.45) is 0.263. The highest BCUT2D eigenvalue weighted by Gasteiger charge is 2.10. The van der Waals surface area contributed by atoms with Gasteiger partial charge < -0.3 is 10.4 Å². The van der Waals surface area contributed by atoms with Crippen LogP contribution in [0, 0.1) is 0 Å². The summed E-state index contributed by atoms with van der Waals surface area (Å²) in [5.41, 5.74) is 4.09. The van der Waals surface area contributed by atoms with Crippen molar-refractivity contribution < 1.29 is 14.7 Å². The van der Waals surface area contributed by atoms with Crippen molar-refractivity contribution in [2.24, 2.45) is 0 Å². The first-order chi connectivity index (χ1) is 13.2.